The predicted molar refractivity (Wildman–Crippen MR) is 216 cm³/mol. The van der Waals surface area contributed by atoms with Crippen LogP contribution in [0, 0.1) is 11.3 Å². The van der Waals surface area contributed by atoms with Crippen molar-refractivity contribution in [3.8, 4) is 28.0 Å². The second-order valence-electron chi connectivity index (χ2n) is 15.3. The summed E-state index contributed by atoms with van der Waals surface area (Å²) < 4.78 is 1.77. The van der Waals surface area contributed by atoms with Crippen molar-refractivity contribution in [3.05, 3.63) is 76.6 Å². The molecule has 3 fully saturated rings. The number of amides is 5. The van der Waals surface area contributed by atoms with Crippen molar-refractivity contribution in [3.63, 3.8) is 0 Å². The lowest BCUT2D eigenvalue weighted by molar-refractivity contribution is -0.136. The van der Waals surface area contributed by atoms with Crippen molar-refractivity contribution in [1.29, 1.82) is 5.26 Å². The molecule has 17 nitrogen and oxygen atoms in total. The highest BCUT2D eigenvalue weighted by Crippen LogP contribution is 2.39. The second-order valence-corrected chi connectivity index (χ2v) is 16.3. The number of hydrogen-bond acceptors (Lipinski definition) is 14. The Morgan fingerprint density at radius 1 is 0.915 bits per heavy atom. The largest absolute Gasteiger partial charge is 0.387 e. The van der Waals surface area contributed by atoms with Crippen LogP contribution >= 0.6 is 11.3 Å². The number of fused-ring (bicyclic) bond motifs is 2. The number of nitrogens with one attached hydrogen (secondary N) is 3. The number of anilines is 2. The number of rotatable bonds is 9. The van der Waals surface area contributed by atoms with Gasteiger partial charge < -0.3 is 15.5 Å². The summed E-state index contributed by atoms with van der Waals surface area (Å²) in [5.41, 5.74) is 5.89. The number of aromatic nitrogens is 5. The third-order valence-corrected chi connectivity index (χ3v) is 12.8. The van der Waals surface area contributed by atoms with Gasteiger partial charge in [-0.1, -0.05) is 11.3 Å². The molecule has 1 unspecified atom stereocenters. The number of carbonyl (C=O) groups excluding carboxylic acids is 5. The first kappa shape index (κ1) is 38.0. The topological polar surface area (TPSA) is 211 Å². The van der Waals surface area contributed by atoms with E-state index in [0.29, 0.717) is 38.3 Å². The van der Waals surface area contributed by atoms with Gasteiger partial charge in [-0.3, -0.25) is 44.1 Å². The molecule has 4 aromatic heterocycles. The van der Waals surface area contributed by atoms with Crippen LogP contribution in [0.3, 0.4) is 0 Å². The minimum atomic E-state index is -1.00. The number of imide groups is 2. The van der Waals surface area contributed by atoms with Crippen LogP contribution in [0.1, 0.15) is 75.7 Å². The first-order valence-corrected chi connectivity index (χ1v) is 20.5. The van der Waals surface area contributed by atoms with Gasteiger partial charge in [-0.05, 0) is 74.6 Å². The van der Waals surface area contributed by atoms with E-state index in [9.17, 15) is 29.2 Å². The van der Waals surface area contributed by atoms with E-state index in [1.807, 2.05) is 31.3 Å². The van der Waals surface area contributed by atoms with Gasteiger partial charge in [-0.25, -0.2) is 4.52 Å². The summed E-state index contributed by atoms with van der Waals surface area (Å²) in [4.78, 5) is 73.6. The molecule has 9 rings (SSSR count). The number of hydrogen-bond donors (Lipinski definition) is 3. The Morgan fingerprint density at radius 2 is 1.71 bits per heavy atom. The van der Waals surface area contributed by atoms with Crippen LogP contribution in [0.2, 0.25) is 0 Å². The lowest BCUT2D eigenvalue weighted by Crippen LogP contribution is -2.54. The van der Waals surface area contributed by atoms with Gasteiger partial charge in [0.05, 0.1) is 51.9 Å². The molecule has 1 atom stereocenters. The number of pyridine rings is 1. The smallest absolute Gasteiger partial charge is 0.262 e. The number of piperazine rings is 1. The molecule has 0 radical (unpaired) electrons. The third kappa shape index (κ3) is 7.27. The average molecular weight is 813 g/mol. The molecule has 3 aliphatic heterocycles. The maximum atomic E-state index is 13.3. The Kier molecular flexibility index (Phi) is 10.1. The zero-order valence-corrected chi connectivity index (χ0v) is 33.0. The first-order valence-electron chi connectivity index (χ1n) is 19.7. The molecule has 7 heterocycles. The van der Waals surface area contributed by atoms with Gasteiger partial charge in [-0.15, -0.1) is 10.2 Å². The molecule has 300 valence electrons. The van der Waals surface area contributed by atoms with Crippen LogP contribution in [-0.4, -0.2) is 116 Å². The monoisotopic (exact) mass is 812 g/mol. The van der Waals surface area contributed by atoms with Crippen LogP contribution < -0.4 is 20.9 Å². The van der Waals surface area contributed by atoms with E-state index < -0.39 is 29.7 Å². The van der Waals surface area contributed by atoms with Gasteiger partial charge in [-0.2, -0.15) is 10.4 Å². The van der Waals surface area contributed by atoms with Crippen LogP contribution in [-0.2, 0) is 14.4 Å². The van der Waals surface area contributed by atoms with Gasteiger partial charge in [0.25, 0.3) is 11.8 Å². The van der Waals surface area contributed by atoms with Gasteiger partial charge in [0.15, 0.2) is 5.01 Å². The van der Waals surface area contributed by atoms with Crippen molar-refractivity contribution in [2.75, 3.05) is 50.0 Å². The SMILES string of the molecule is CNc1cc(-c2ccc3cc(C#N)cnn23)ncc1-c1nnc([C@H]2CC[C@@H](NC(=O)CN3CCN(c4ccc5c(c4)C(=O)N(C4CCC(=O)NC4=O)C5=O)CC3)CC2)s1. The minimum absolute atomic E-state index is 0.00155. The highest BCUT2D eigenvalue weighted by Gasteiger charge is 2.45. The normalized spacial score (nSPS) is 21.1. The standard InChI is InChI=1S/C41H40N12O5S/c1-43-31-18-32(33-9-7-27-16-23(19-42)20-45-53(27)33)44-21-30(31)39-49-48-38(59-39)24-2-4-25(5-3-24)46-36(55)22-50-12-14-51(15-13-50)26-6-8-28-29(17-26)41(58)52(40(28)57)34-10-11-35(54)47-37(34)56/h6-9,16-18,20-21,24-25,34H,2-5,10-15,22H2,1H3,(H,43,44)(H,46,55)(H,47,54,56)/t24-,25+,34?. The van der Waals surface area contributed by atoms with E-state index in [-0.39, 0.29) is 41.8 Å². The van der Waals surface area contributed by atoms with E-state index in [1.54, 1.807) is 40.2 Å². The number of carbonyl (C=O) groups is 5. The van der Waals surface area contributed by atoms with Crippen molar-refractivity contribution < 1.29 is 24.0 Å². The number of nitriles is 1. The van der Waals surface area contributed by atoms with Gasteiger partial charge in [0, 0.05) is 69.2 Å². The number of piperidine rings is 1. The zero-order chi connectivity index (χ0) is 40.8. The molecule has 1 aromatic carbocycles. The van der Waals surface area contributed by atoms with Gasteiger partial charge >= 0.3 is 0 Å². The molecule has 0 spiro atoms. The molecule has 5 aromatic rings. The first-order chi connectivity index (χ1) is 28.7. The predicted octanol–water partition coefficient (Wildman–Crippen LogP) is 3.19. The molecular formula is C41H40N12O5S. The lowest BCUT2D eigenvalue weighted by atomic mass is 9.86. The van der Waals surface area contributed by atoms with Crippen LogP contribution in [0.15, 0.2) is 54.9 Å². The summed E-state index contributed by atoms with van der Waals surface area (Å²) in [6, 6.07) is 14.0. The molecule has 4 aliphatic rings. The lowest BCUT2D eigenvalue weighted by Gasteiger charge is -2.36. The molecule has 0 bridgehead atoms. The van der Waals surface area contributed by atoms with Crippen molar-refractivity contribution in [2.24, 2.45) is 0 Å². The summed E-state index contributed by atoms with van der Waals surface area (Å²) >= 11 is 1.57. The molecule has 5 amide bonds. The molecular weight excluding hydrogens is 773 g/mol. The fourth-order valence-corrected chi connectivity index (χ4v) is 9.55. The Hall–Kier alpha value is -6.58. The Morgan fingerprint density at radius 3 is 2.47 bits per heavy atom. The van der Waals surface area contributed by atoms with Crippen LogP contribution in [0.25, 0.3) is 27.5 Å². The van der Waals surface area contributed by atoms with Crippen molar-refractivity contribution >= 4 is 57.8 Å². The molecule has 18 heteroatoms. The van der Waals surface area contributed by atoms with Gasteiger partial charge in [0.2, 0.25) is 17.7 Å². The summed E-state index contributed by atoms with van der Waals surface area (Å²) in [5, 5.41) is 33.3. The zero-order valence-electron chi connectivity index (χ0n) is 32.2. The van der Waals surface area contributed by atoms with Crippen molar-refractivity contribution in [1.82, 2.24) is 45.2 Å². The maximum absolute atomic E-state index is 13.3. The van der Waals surface area contributed by atoms with E-state index in [1.165, 1.54) is 6.20 Å². The Bertz CT molecular complexity index is 2560. The fourth-order valence-electron chi connectivity index (χ4n) is 8.52. The summed E-state index contributed by atoms with van der Waals surface area (Å²) in [6.45, 7) is 2.89. The molecule has 1 saturated carbocycles. The quantitative estimate of drug-likeness (QED) is 0.183. The summed E-state index contributed by atoms with van der Waals surface area (Å²) in [7, 11) is 1.86. The van der Waals surface area contributed by atoms with E-state index in [4.69, 9.17) is 4.98 Å². The van der Waals surface area contributed by atoms with Gasteiger partial charge in [0.1, 0.15) is 17.1 Å². The Balaban J connectivity index is 0.750. The second kappa shape index (κ2) is 15.6. The van der Waals surface area contributed by atoms with Crippen LogP contribution in [0.4, 0.5) is 11.4 Å². The molecule has 3 N–H and O–H groups in total. The highest BCUT2D eigenvalue weighted by molar-refractivity contribution is 7.14. The summed E-state index contributed by atoms with van der Waals surface area (Å²) in [5.74, 6) is -1.83. The number of benzene rings is 1. The highest BCUT2D eigenvalue weighted by atomic mass is 32.1. The Labute approximate surface area is 342 Å². The average Bonchev–Trinajstić information content (AvgIpc) is 3.98. The van der Waals surface area contributed by atoms with E-state index in [0.717, 1.165) is 74.4 Å². The van der Waals surface area contributed by atoms with Crippen LogP contribution in [0.5, 0.6) is 0 Å². The fraction of sp³-hybridized carbons (Fsp3) is 0.366. The minimum Gasteiger partial charge on any atom is -0.387 e. The maximum Gasteiger partial charge on any atom is 0.262 e. The van der Waals surface area contributed by atoms with Crippen molar-refractivity contribution in [2.45, 2.75) is 56.5 Å². The summed E-state index contributed by atoms with van der Waals surface area (Å²) in [6.07, 6.45) is 7.03. The molecule has 1 aliphatic carbocycles. The molecule has 59 heavy (non-hydrogen) atoms. The molecule has 2 saturated heterocycles. The number of nitrogens with zero attached hydrogens (tertiary/aromatic N) is 9. The van der Waals surface area contributed by atoms with E-state index >= 15 is 0 Å². The third-order valence-electron chi connectivity index (χ3n) is 11.7. The van der Waals surface area contributed by atoms with E-state index in [2.05, 4.69) is 47.1 Å².